The number of hydrogen-bond donors (Lipinski definition) is 2. The molecule has 204 valence electrons. The summed E-state index contributed by atoms with van der Waals surface area (Å²) in [7, 11) is 1.44. The van der Waals surface area contributed by atoms with E-state index in [1.165, 1.54) is 13.5 Å². The molecule has 0 bridgehead atoms. The van der Waals surface area contributed by atoms with Crippen LogP contribution in [0.25, 0.3) is 0 Å². The number of aliphatic hydroxyl groups excluding tert-OH is 1. The van der Waals surface area contributed by atoms with Crippen LogP contribution in [0.15, 0.2) is 0 Å². The standard InChI is InChI=1S/C29H46O7/c1-17(5-11-26(33)35-4)21-8-9-22-20-7-6-18-15-19(36-27(34)12-10-25(31)32)13-14-28(18,2)23(20)16-24(30)29(21,22)3/h17-24,30H,5-16H2,1-4H3,(H,31,32)/t17-,18-,19-,20+,21-,22+,23+,24+,28+,29-/m1/s1. The average Bonchev–Trinajstić information content (AvgIpc) is 3.20. The molecule has 0 aliphatic heterocycles. The molecule has 4 aliphatic rings. The number of methoxy groups -OCH3 is 1. The number of aliphatic carboxylic acids is 1. The molecule has 4 saturated carbocycles. The van der Waals surface area contributed by atoms with E-state index in [0.29, 0.717) is 41.9 Å². The Hall–Kier alpha value is -1.63. The second-order valence-corrected chi connectivity index (χ2v) is 12.8. The second kappa shape index (κ2) is 10.6. The third-order valence-electron chi connectivity index (χ3n) is 11.4. The van der Waals surface area contributed by atoms with Gasteiger partial charge in [-0.05, 0) is 104 Å². The number of rotatable bonds is 8. The quantitative estimate of drug-likeness (QED) is 0.447. The maximum absolute atomic E-state index is 12.1. The Morgan fingerprint density at radius 3 is 2.39 bits per heavy atom. The monoisotopic (exact) mass is 506 g/mol. The van der Waals surface area contributed by atoms with E-state index in [2.05, 4.69) is 20.8 Å². The summed E-state index contributed by atoms with van der Waals surface area (Å²) in [4.78, 5) is 34.6. The van der Waals surface area contributed by atoms with Crippen molar-refractivity contribution in [1.82, 2.24) is 0 Å². The highest BCUT2D eigenvalue weighted by atomic mass is 16.5. The fourth-order valence-electron chi connectivity index (χ4n) is 9.35. The molecule has 0 amide bonds. The van der Waals surface area contributed by atoms with E-state index in [0.717, 1.165) is 51.4 Å². The third kappa shape index (κ3) is 4.93. The third-order valence-corrected chi connectivity index (χ3v) is 11.4. The van der Waals surface area contributed by atoms with Crippen molar-refractivity contribution in [2.75, 3.05) is 7.11 Å². The average molecular weight is 507 g/mol. The number of carboxylic acid groups (broad SMARTS) is 1. The Bertz CT molecular complexity index is 841. The summed E-state index contributed by atoms with van der Waals surface area (Å²) < 4.78 is 10.5. The first-order chi connectivity index (χ1) is 17.0. The molecule has 10 atom stereocenters. The van der Waals surface area contributed by atoms with E-state index in [1.807, 2.05) is 0 Å². The van der Waals surface area contributed by atoms with E-state index < -0.39 is 11.9 Å². The molecule has 0 aromatic rings. The van der Waals surface area contributed by atoms with E-state index in [4.69, 9.17) is 14.6 Å². The molecule has 0 aromatic carbocycles. The smallest absolute Gasteiger partial charge is 0.306 e. The van der Waals surface area contributed by atoms with Crippen molar-refractivity contribution in [2.24, 2.45) is 46.3 Å². The lowest BCUT2D eigenvalue weighted by Gasteiger charge is -2.62. The predicted octanol–water partition coefficient (Wildman–Crippen LogP) is 4.98. The summed E-state index contributed by atoms with van der Waals surface area (Å²) in [6, 6.07) is 0. The van der Waals surface area contributed by atoms with Crippen LogP contribution < -0.4 is 0 Å². The first-order valence-corrected chi connectivity index (χ1v) is 14.2. The van der Waals surface area contributed by atoms with Crippen LogP contribution in [0, 0.1) is 46.3 Å². The highest BCUT2D eigenvalue weighted by molar-refractivity contribution is 5.76. The molecule has 36 heavy (non-hydrogen) atoms. The highest BCUT2D eigenvalue weighted by Gasteiger charge is 2.63. The zero-order chi connectivity index (χ0) is 26.3. The van der Waals surface area contributed by atoms with Gasteiger partial charge in [0.2, 0.25) is 0 Å². The first kappa shape index (κ1) is 27.4. The van der Waals surface area contributed by atoms with Crippen LogP contribution in [-0.4, -0.2) is 47.4 Å². The molecule has 7 heteroatoms. The summed E-state index contributed by atoms with van der Waals surface area (Å²) in [5.74, 6) is 1.36. The van der Waals surface area contributed by atoms with Gasteiger partial charge in [0.15, 0.2) is 0 Å². The molecule has 4 aliphatic carbocycles. The molecule has 2 N–H and O–H groups in total. The minimum absolute atomic E-state index is 0.0653. The number of hydrogen-bond acceptors (Lipinski definition) is 6. The van der Waals surface area contributed by atoms with Crippen LogP contribution in [0.4, 0.5) is 0 Å². The summed E-state index contributed by atoms with van der Waals surface area (Å²) >= 11 is 0. The van der Waals surface area contributed by atoms with Crippen molar-refractivity contribution in [1.29, 1.82) is 0 Å². The van der Waals surface area contributed by atoms with Gasteiger partial charge in [-0.2, -0.15) is 0 Å². The molecule has 0 heterocycles. The Morgan fingerprint density at radius 2 is 1.69 bits per heavy atom. The lowest BCUT2D eigenvalue weighted by molar-refractivity contribution is -0.182. The zero-order valence-electron chi connectivity index (χ0n) is 22.5. The SMILES string of the molecule is COC(=O)CC[C@@H](C)[C@H]1CC[C@H]2[C@@H]3CC[C@@H]4C[C@H](OC(=O)CCC(=O)O)CC[C@]4(C)[C@H]3C[C@H](O)[C@]12C. The van der Waals surface area contributed by atoms with Gasteiger partial charge in [0.25, 0.3) is 0 Å². The maximum Gasteiger partial charge on any atom is 0.306 e. The van der Waals surface area contributed by atoms with Gasteiger partial charge in [-0.25, -0.2) is 0 Å². The predicted molar refractivity (Wildman–Crippen MR) is 134 cm³/mol. The van der Waals surface area contributed by atoms with Crippen molar-refractivity contribution in [2.45, 2.75) is 110 Å². The Kier molecular flexibility index (Phi) is 8.09. The summed E-state index contributed by atoms with van der Waals surface area (Å²) in [5.41, 5.74) is 0.0422. The van der Waals surface area contributed by atoms with Crippen molar-refractivity contribution in [3.63, 3.8) is 0 Å². The number of aliphatic hydroxyl groups is 1. The Balaban J connectivity index is 1.42. The lowest BCUT2D eigenvalue weighted by Crippen LogP contribution is -2.59. The minimum atomic E-state index is -0.976. The van der Waals surface area contributed by atoms with E-state index in [1.54, 1.807) is 0 Å². The molecule has 4 fully saturated rings. The van der Waals surface area contributed by atoms with Gasteiger partial charge >= 0.3 is 17.9 Å². The van der Waals surface area contributed by atoms with Crippen molar-refractivity contribution in [3.05, 3.63) is 0 Å². The van der Waals surface area contributed by atoms with Gasteiger partial charge in [0, 0.05) is 6.42 Å². The van der Waals surface area contributed by atoms with Gasteiger partial charge in [-0.3, -0.25) is 14.4 Å². The van der Waals surface area contributed by atoms with Gasteiger partial charge in [0.1, 0.15) is 6.10 Å². The Morgan fingerprint density at radius 1 is 0.944 bits per heavy atom. The van der Waals surface area contributed by atoms with Crippen LogP contribution in [-0.2, 0) is 23.9 Å². The molecule has 4 rings (SSSR count). The molecule has 0 spiro atoms. The molecule has 7 nitrogen and oxygen atoms in total. The number of ether oxygens (including phenoxy) is 2. The lowest BCUT2D eigenvalue weighted by atomic mass is 9.43. The fraction of sp³-hybridized carbons (Fsp3) is 0.897. The van der Waals surface area contributed by atoms with Gasteiger partial charge in [-0.1, -0.05) is 20.8 Å². The van der Waals surface area contributed by atoms with E-state index in [-0.39, 0.29) is 41.8 Å². The van der Waals surface area contributed by atoms with Gasteiger partial charge in [0.05, 0.1) is 26.1 Å². The van der Waals surface area contributed by atoms with Crippen molar-refractivity contribution in [3.8, 4) is 0 Å². The van der Waals surface area contributed by atoms with Gasteiger partial charge < -0.3 is 19.7 Å². The van der Waals surface area contributed by atoms with Crippen LogP contribution in [0.5, 0.6) is 0 Å². The van der Waals surface area contributed by atoms with Crippen molar-refractivity contribution < 1.29 is 34.1 Å². The normalized spacial score (nSPS) is 42.4. The zero-order valence-corrected chi connectivity index (χ0v) is 22.5. The molecule has 0 radical (unpaired) electrons. The van der Waals surface area contributed by atoms with Crippen LogP contribution >= 0.6 is 0 Å². The number of fused-ring (bicyclic) bond motifs is 5. The fourth-order valence-corrected chi connectivity index (χ4v) is 9.35. The number of carbonyl (C=O) groups excluding carboxylic acids is 2. The highest BCUT2D eigenvalue weighted by Crippen LogP contribution is 2.68. The summed E-state index contributed by atoms with van der Waals surface area (Å²) in [5, 5.41) is 20.5. The van der Waals surface area contributed by atoms with Crippen molar-refractivity contribution >= 4 is 17.9 Å². The van der Waals surface area contributed by atoms with Crippen LogP contribution in [0.1, 0.15) is 97.8 Å². The van der Waals surface area contributed by atoms with Crippen LogP contribution in [0.3, 0.4) is 0 Å². The molecular weight excluding hydrogens is 460 g/mol. The summed E-state index contributed by atoms with van der Waals surface area (Å²) in [6.45, 7) is 6.99. The second-order valence-electron chi connectivity index (χ2n) is 12.8. The Labute approximate surface area is 215 Å². The topological polar surface area (TPSA) is 110 Å². The van der Waals surface area contributed by atoms with Crippen LogP contribution in [0.2, 0.25) is 0 Å². The summed E-state index contributed by atoms with van der Waals surface area (Å²) in [6.07, 6.45) is 8.64. The number of esters is 2. The molecular formula is C29H46O7. The van der Waals surface area contributed by atoms with E-state index in [9.17, 15) is 19.5 Å². The minimum Gasteiger partial charge on any atom is -0.481 e. The molecule has 0 saturated heterocycles. The first-order valence-electron chi connectivity index (χ1n) is 14.2. The maximum atomic E-state index is 12.1. The van der Waals surface area contributed by atoms with Gasteiger partial charge in [-0.15, -0.1) is 0 Å². The van der Waals surface area contributed by atoms with E-state index >= 15 is 0 Å². The molecule has 0 unspecified atom stereocenters. The largest absolute Gasteiger partial charge is 0.481 e. The molecule has 0 aromatic heterocycles. The number of carboxylic acids is 1. The number of carbonyl (C=O) groups is 3.